The second-order valence-electron chi connectivity index (χ2n) is 7.23. The van der Waals surface area contributed by atoms with Crippen molar-refractivity contribution in [2.45, 2.75) is 33.7 Å². The molecule has 0 radical (unpaired) electrons. The van der Waals surface area contributed by atoms with Gasteiger partial charge in [-0.1, -0.05) is 35.9 Å². The van der Waals surface area contributed by atoms with Gasteiger partial charge in [0.25, 0.3) is 5.91 Å². The molecule has 2 aromatic rings. The van der Waals surface area contributed by atoms with E-state index in [-0.39, 0.29) is 18.1 Å². The molecule has 0 saturated carbocycles. The number of hydrogen-bond acceptors (Lipinski definition) is 4. The Balaban J connectivity index is 1.92. The number of benzene rings is 2. The van der Waals surface area contributed by atoms with Gasteiger partial charge < -0.3 is 14.8 Å². The first-order valence-electron chi connectivity index (χ1n) is 10.4. The molecule has 3 rings (SSSR count). The Morgan fingerprint density at radius 2 is 1.87 bits per heavy atom. The summed E-state index contributed by atoms with van der Waals surface area (Å²) in [6, 6.07) is 11.1. The van der Waals surface area contributed by atoms with Gasteiger partial charge in [-0.25, -0.2) is 4.79 Å². The first-order valence-corrected chi connectivity index (χ1v) is 10.4. The lowest BCUT2D eigenvalue weighted by Crippen LogP contribution is -2.30. The Bertz CT molecular complexity index is 1030. The summed E-state index contributed by atoms with van der Waals surface area (Å²) in [5.74, 6) is 0.918. The molecule has 0 aliphatic carbocycles. The molecule has 1 fully saturated rings. The minimum absolute atomic E-state index is 0.221. The van der Waals surface area contributed by atoms with Crippen LogP contribution >= 0.6 is 0 Å². The third-order valence-electron chi connectivity index (χ3n) is 4.80. The summed E-state index contributed by atoms with van der Waals surface area (Å²) in [6.07, 6.45) is 4.05. The molecule has 162 valence electrons. The monoisotopic (exact) mass is 420 g/mol. The fraction of sp³-hybridized carbons (Fsp3) is 0.280. The van der Waals surface area contributed by atoms with Gasteiger partial charge in [0, 0.05) is 5.56 Å². The summed E-state index contributed by atoms with van der Waals surface area (Å²) in [6.45, 7) is 10.8. The predicted octanol–water partition coefficient (Wildman–Crippen LogP) is 4.61. The Morgan fingerprint density at radius 1 is 1.10 bits per heavy atom. The number of imide groups is 1. The highest BCUT2D eigenvalue weighted by Crippen LogP contribution is 2.35. The molecule has 0 spiro atoms. The molecule has 0 unspecified atom stereocenters. The van der Waals surface area contributed by atoms with Crippen LogP contribution in [0.2, 0.25) is 0 Å². The second kappa shape index (κ2) is 9.98. The SMILES string of the molecule is C=CCc1cc(/C=C2/NC(=O)N(Cc3cccc(C)c3)C2=O)cc(OCC)c1OCC. The van der Waals surface area contributed by atoms with Crippen LogP contribution in [0.25, 0.3) is 6.08 Å². The van der Waals surface area contributed by atoms with Crippen molar-refractivity contribution in [2.75, 3.05) is 13.2 Å². The van der Waals surface area contributed by atoms with E-state index in [1.807, 2.05) is 57.2 Å². The fourth-order valence-electron chi connectivity index (χ4n) is 3.52. The number of allylic oxidation sites excluding steroid dienone is 1. The van der Waals surface area contributed by atoms with E-state index < -0.39 is 6.03 Å². The summed E-state index contributed by atoms with van der Waals surface area (Å²) in [4.78, 5) is 26.6. The van der Waals surface area contributed by atoms with Crippen LogP contribution < -0.4 is 14.8 Å². The molecule has 0 bridgehead atoms. The molecule has 1 heterocycles. The number of aryl methyl sites for hydroxylation is 1. The standard InChI is InChI=1S/C25H28N2O4/c1-5-9-20-13-19(15-22(30-6-2)23(20)31-7-3)14-21-24(28)27(25(29)26-21)16-18-11-8-10-17(4)12-18/h5,8,10-15H,1,6-7,9,16H2,2-4H3,(H,26,29)/b21-14+. The molecule has 0 atom stereocenters. The quantitative estimate of drug-likeness (QED) is 0.365. The molecule has 1 aliphatic rings. The van der Waals surface area contributed by atoms with Gasteiger partial charge in [-0.05, 0) is 56.5 Å². The van der Waals surface area contributed by atoms with Gasteiger partial charge in [-0.2, -0.15) is 0 Å². The number of rotatable bonds is 9. The highest BCUT2D eigenvalue weighted by molar-refractivity contribution is 6.13. The van der Waals surface area contributed by atoms with E-state index in [0.29, 0.717) is 31.1 Å². The third kappa shape index (κ3) is 5.15. The summed E-state index contributed by atoms with van der Waals surface area (Å²) < 4.78 is 11.6. The lowest BCUT2D eigenvalue weighted by atomic mass is 10.0. The number of nitrogens with zero attached hydrogens (tertiary/aromatic N) is 1. The molecule has 1 aliphatic heterocycles. The molecule has 3 amide bonds. The molecule has 0 aromatic heterocycles. The van der Waals surface area contributed by atoms with Crippen LogP contribution in [0, 0.1) is 6.92 Å². The molecule has 31 heavy (non-hydrogen) atoms. The summed E-state index contributed by atoms with van der Waals surface area (Å²) in [7, 11) is 0. The number of nitrogens with one attached hydrogen (secondary N) is 1. The Labute approximate surface area is 183 Å². The number of carbonyl (C=O) groups excluding carboxylic acids is 2. The molecular weight excluding hydrogens is 392 g/mol. The largest absolute Gasteiger partial charge is 0.490 e. The van der Waals surface area contributed by atoms with Gasteiger partial charge >= 0.3 is 6.03 Å². The van der Waals surface area contributed by atoms with E-state index in [4.69, 9.17) is 9.47 Å². The maximum atomic E-state index is 12.9. The van der Waals surface area contributed by atoms with Crippen LogP contribution in [-0.4, -0.2) is 30.1 Å². The van der Waals surface area contributed by atoms with E-state index in [0.717, 1.165) is 22.3 Å². The number of carbonyl (C=O) groups is 2. The first kappa shape index (κ1) is 22.2. The number of hydrogen-bond donors (Lipinski definition) is 1. The van der Waals surface area contributed by atoms with Gasteiger partial charge in [-0.3, -0.25) is 9.69 Å². The summed E-state index contributed by atoms with van der Waals surface area (Å²) in [5.41, 5.74) is 3.85. The van der Waals surface area contributed by atoms with Gasteiger partial charge in [0.2, 0.25) is 0 Å². The smallest absolute Gasteiger partial charge is 0.329 e. The first-order chi connectivity index (χ1) is 15.0. The highest BCUT2D eigenvalue weighted by atomic mass is 16.5. The van der Waals surface area contributed by atoms with E-state index >= 15 is 0 Å². The van der Waals surface area contributed by atoms with Crippen LogP contribution in [0.1, 0.15) is 36.1 Å². The lowest BCUT2D eigenvalue weighted by molar-refractivity contribution is -0.123. The Hall–Kier alpha value is -3.54. The van der Waals surface area contributed by atoms with E-state index in [2.05, 4.69) is 11.9 Å². The molecule has 6 nitrogen and oxygen atoms in total. The van der Waals surface area contributed by atoms with E-state index in [9.17, 15) is 9.59 Å². The van der Waals surface area contributed by atoms with Crippen molar-refractivity contribution < 1.29 is 19.1 Å². The second-order valence-corrected chi connectivity index (χ2v) is 7.23. The summed E-state index contributed by atoms with van der Waals surface area (Å²) in [5, 5.41) is 2.69. The van der Waals surface area contributed by atoms with Gasteiger partial charge in [-0.15, -0.1) is 6.58 Å². The lowest BCUT2D eigenvalue weighted by Gasteiger charge is -2.16. The normalized spacial score (nSPS) is 14.7. The number of urea groups is 1. The Kier molecular flexibility index (Phi) is 7.13. The van der Waals surface area contributed by atoms with Crippen molar-refractivity contribution >= 4 is 18.0 Å². The van der Waals surface area contributed by atoms with Crippen LogP contribution in [0.3, 0.4) is 0 Å². The average Bonchev–Trinajstić information content (AvgIpc) is 2.98. The van der Waals surface area contributed by atoms with E-state index in [1.165, 1.54) is 4.90 Å². The predicted molar refractivity (Wildman–Crippen MR) is 121 cm³/mol. The number of ether oxygens (including phenoxy) is 2. The van der Waals surface area contributed by atoms with Crippen LogP contribution in [0.4, 0.5) is 4.79 Å². The maximum Gasteiger partial charge on any atom is 0.329 e. The highest BCUT2D eigenvalue weighted by Gasteiger charge is 2.33. The van der Waals surface area contributed by atoms with Crippen molar-refractivity contribution in [1.29, 1.82) is 0 Å². The van der Waals surface area contributed by atoms with Crippen LogP contribution in [0.15, 0.2) is 54.8 Å². The zero-order chi connectivity index (χ0) is 22.4. The molecule has 6 heteroatoms. The van der Waals surface area contributed by atoms with Crippen molar-refractivity contribution in [1.82, 2.24) is 10.2 Å². The van der Waals surface area contributed by atoms with Crippen molar-refractivity contribution in [3.05, 3.63) is 77.0 Å². The molecule has 2 aromatic carbocycles. The van der Waals surface area contributed by atoms with Crippen molar-refractivity contribution in [2.24, 2.45) is 0 Å². The van der Waals surface area contributed by atoms with Gasteiger partial charge in [0.15, 0.2) is 11.5 Å². The van der Waals surface area contributed by atoms with Gasteiger partial charge in [0.1, 0.15) is 5.70 Å². The summed E-state index contributed by atoms with van der Waals surface area (Å²) >= 11 is 0. The van der Waals surface area contributed by atoms with E-state index in [1.54, 1.807) is 12.2 Å². The Morgan fingerprint density at radius 3 is 2.55 bits per heavy atom. The molecular formula is C25H28N2O4. The average molecular weight is 421 g/mol. The van der Waals surface area contributed by atoms with Crippen molar-refractivity contribution in [3.8, 4) is 11.5 Å². The minimum atomic E-state index is -0.431. The maximum absolute atomic E-state index is 12.9. The fourth-order valence-corrected chi connectivity index (χ4v) is 3.52. The molecule has 1 N–H and O–H groups in total. The zero-order valence-electron chi connectivity index (χ0n) is 18.2. The van der Waals surface area contributed by atoms with Crippen LogP contribution in [0.5, 0.6) is 11.5 Å². The minimum Gasteiger partial charge on any atom is -0.490 e. The zero-order valence-corrected chi connectivity index (χ0v) is 18.2. The van der Waals surface area contributed by atoms with Crippen LogP contribution in [-0.2, 0) is 17.8 Å². The van der Waals surface area contributed by atoms with Gasteiger partial charge in [0.05, 0.1) is 19.8 Å². The van der Waals surface area contributed by atoms with Crippen molar-refractivity contribution in [3.63, 3.8) is 0 Å². The third-order valence-corrected chi connectivity index (χ3v) is 4.80. The topological polar surface area (TPSA) is 67.9 Å². The molecule has 1 saturated heterocycles. The number of amides is 3.